The van der Waals surface area contributed by atoms with Gasteiger partial charge in [-0.2, -0.15) is 13.2 Å². The van der Waals surface area contributed by atoms with Crippen molar-refractivity contribution in [3.63, 3.8) is 0 Å². The molecule has 1 nitrogen and oxygen atoms in total. The van der Waals surface area contributed by atoms with Gasteiger partial charge in [-0.15, -0.1) is 0 Å². The van der Waals surface area contributed by atoms with Crippen molar-refractivity contribution in [3.8, 4) is 0 Å². The lowest BCUT2D eigenvalue weighted by atomic mass is 9.87. The Morgan fingerprint density at radius 3 is 1.95 bits per heavy atom. The molecule has 0 aliphatic carbocycles. The van der Waals surface area contributed by atoms with Crippen LogP contribution in [0.25, 0.3) is 0 Å². The van der Waals surface area contributed by atoms with E-state index in [1.54, 1.807) is 0 Å². The van der Waals surface area contributed by atoms with Crippen molar-refractivity contribution in [1.29, 1.82) is 0 Å². The van der Waals surface area contributed by atoms with E-state index in [2.05, 4.69) is 0 Å². The maximum Gasteiger partial charge on any atom is 0.419 e. The molecule has 0 bridgehead atoms. The topological polar surface area (TPSA) is 20.2 Å². The summed E-state index contributed by atoms with van der Waals surface area (Å²) in [7, 11) is 0. The molecule has 6 heteroatoms. The first-order valence-electron chi connectivity index (χ1n) is 5.98. The first-order chi connectivity index (χ1) is 9.62. The molecule has 0 radical (unpaired) electrons. The highest BCUT2D eigenvalue weighted by atomic mass is 35.5. The van der Waals surface area contributed by atoms with Crippen LogP contribution in [0.3, 0.4) is 0 Å². The molecule has 1 N–H and O–H groups in total. The molecule has 2 rings (SSSR count). The van der Waals surface area contributed by atoms with E-state index in [-0.39, 0.29) is 5.56 Å². The van der Waals surface area contributed by atoms with Crippen LogP contribution in [0, 0.1) is 5.82 Å². The van der Waals surface area contributed by atoms with Crippen molar-refractivity contribution in [2.24, 2.45) is 0 Å². The lowest BCUT2D eigenvalue weighted by Gasteiger charge is -2.25. The molecule has 1 atom stereocenters. The van der Waals surface area contributed by atoms with Gasteiger partial charge in [-0.3, -0.25) is 0 Å². The lowest BCUT2D eigenvalue weighted by Crippen LogP contribution is -2.23. The van der Waals surface area contributed by atoms with Gasteiger partial charge in [0.15, 0.2) is 0 Å². The fourth-order valence-corrected chi connectivity index (χ4v) is 2.11. The highest BCUT2D eigenvalue weighted by molar-refractivity contribution is 6.30. The van der Waals surface area contributed by atoms with Crippen LogP contribution in [0.15, 0.2) is 42.5 Å². The maximum absolute atomic E-state index is 13.6. The standard InChI is InChI=1S/C15H11ClF4O/c1-14(21,9-2-5-11(16)6-3-9)10-4-7-12(13(17)8-10)15(18,19)20/h2-8,21H,1H3. The van der Waals surface area contributed by atoms with Crippen LogP contribution >= 0.6 is 11.6 Å². The Kier molecular flexibility index (Phi) is 4.00. The monoisotopic (exact) mass is 318 g/mol. The van der Waals surface area contributed by atoms with E-state index in [4.69, 9.17) is 11.6 Å². The molecule has 1 unspecified atom stereocenters. The molecular formula is C15H11ClF4O. The summed E-state index contributed by atoms with van der Waals surface area (Å²) in [5.41, 5.74) is -2.57. The van der Waals surface area contributed by atoms with Gasteiger partial charge in [-0.25, -0.2) is 4.39 Å². The fraction of sp³-hybridized carbons (Fsp3) is 0.200. The van der Waals surface area contributed by atoms with Crippen molar-refractivity contribution in [3.05, 3.63) is 70.0 Å². The second kappa shape index (κ2) is 5.31. The summed E-state index contributed by atoms with van der Waals surface area (Å²) in [6.07, 6.45) is -4.77. The number of aliphatic hydroxyl groups is 1. The Morgan fingerprint density at radius 2 is 1.48 bits per heavy atom. The summed E-state index contributed by atoms with van der Waals surface area (Å²) in [6.45, 7) is 1.37. The van der Waals surface area contributed by atoms with Crippen molar-refractivity contribution in [1.82, 2.24) is 0 Å². The largest absolute Gasteiger partial charge is 0.419 e. The van der Waals surface area contributed by atoms with Gasteiger partial charge in [0, 0.05) is 5.02 Å². The maximum atomic E-state index is 13.6. The van der Waals surface area contributed by atoms with Gasteiger partial charge in [-0.05, 0) is 42.3 Å². The second-order valence-corrected chi connectivity index (χ2v) is 5.21. The third-order valence-corrected chi connectivity index (χ3v) is 3.49. The Hall–Kier alpha value is -1.59. The third kappa shape index (κ3) is 3.19. The Morgan fingerprint density at radius 1 is 0.952 bits per heavy atom. The van der Waals surface area contributed by atoms with Gasteiger partial charge in [-0.1, -0.05) is 29.8 Å². The average molecular weight is 319 g/mol. The number of halogens is 5. The zero-order valence-corrected chi connectivity index (χ0v) is 11.6. The van der Waals surface area contributed by atoms with Gasteiger partial charge >= 0.3 is 6.18 Å². The van der Waals surface area contributed by atoms with Crippen molar-refractivity contribution in [2.75, 3.05) is 0 Å². The summed E-state index contributed by atoms with van der Waals surface area (Å²) in [5, 5.41) is 10.9. The molecule has 112 valence electrons. The number of benzene rings is 2. The molecule has 2 aromatic carbocycles. The molecule has 0 aromatic heterocycles. The first-order valence-corrected chi connectivity index (χ1v) is 6.36. The van der Waals surface area contributed by atoms with Crippen LogP contribution in [-0.4, -0.2) is 5.11 Å². The molecule has 2 aromatic rings. The van der Waals surface area contributed by atoms with E-state index < -0.39 is 23.2 Å². The molecule has 0 saturated heterocycles. The average Bonchev–Trinajstić information content (AvgIpc) is 2.37. The minimum absolute atomic E-state index is 0.0234. The Labute approximate surface area is 123 Å². The third-order valence-electron chi connectivity index (χ3n) is 3.24. The summed E-state index contributed by atoms with van der Waals surface area (Å²) >= 11 is 5.74. The van der Waals surface area contributed by atoms with Crippen molar-refractivity contribution in [2.45, 2.75) is 18.7 Å². The van der Waals surface area contributed by atoms with E-state index in [1.807, 2.05) is 0 Å². The number of rotatable bonds is 2. The minimum Gasteiger partial charge on any atom is -0.381 e. The Balaban J connectivity index is 2.46. The highest BCUT2D eigenvalue weighted by Gasteiger charge is 2.35. The van der Waals surface area contributed by atoms with E-state index in [1.165, 1.54) is 31.2 Å². The van der Waals surface area contributed by atoms with Crippen LogP contribution in [0.2, 0.25) is 5.02 Å². The quantitative estimate of drug-likeness (QED) is 0.792. The smallest absolute Gasteiger partial charge is 0.381 e. The van der Waals surface area contributed by atoms with Crippen LogP contribution in [0.4, 0.5) is 17.6 Å². The molecule has 0 aliphatic rings. The molecule has 0 saturated carbocycles. The molecule has 0 fully saturated rings. The van der Waals surface area contributed by atoms with Crippen LogP contribution in [-0.2, 0) is 11.8 Å². The zero-order chi connectivity index (χ0) is 15.8. The van der Waals surface area contributed by atoms with Gasteiger partial charge < -0.3 is 5.11 Å². The van der Waals surface area contributed by atoms with E-state index in [0.29, 0.717) is 22.7 Å². The molecule has 0 spiro atoms. The predicted octanol–water partition coefficient (Wildman–Crippen LogP) is 4.75. The van der Waals surface area contributed by atoms with Crippen LogP contribution in [0.5, 0.6) is 0 Å². The fourth-order valence-electron chi connectivity index (χ4n) is 1.99. The van der Waals surface area contributed by atoms with Crippen molar-refractivity contribution < 1.29 is 22.7 Å². The van der Waals surface area contributed by atoms with E-state index in [9.17, 15) is 22.7 Å². The van der Waals surface area contributed by atoms with E-state index >= 15 is 0 Å². The molecule has 0 aliphatic heterocycles. The highest BCUT2D eigenvalue weighted by Crippen LogP contribution is 2.35. The SMILES string of the molecule is CC(O)(c1ccc(Cl)cc1)c1ccc(C(F)(F)F)c(F)c1. The number of hydrogen-bond acceptors (Lipinski definition) is 1. The summed E-state index contributed by atoms with van der Waals surface area (Å²) < 4.78 is 51.2. The Bertz CT molecular complexity index is 648. The number of hydrogen-bond donors (Lipinski definition) is 1. The normalized spacial score (nSPS) is 14.8. The molecular weight excluding hydrogens is 308 g/mol. The molecule has 0 amide bonds. The first kappa shape index (κ1) is 15.8. The molecule has 21 heavy (non-hydrogen) atoms. The zero-order valence-electron chi connectivity index (χ0n) is 10.9. The van der Waals surface area contributed by atoms with Gasteiger partial charge in [0.05, 0.1) is 5.56 Å². The summed E-state index contributed by atoms with van der Waals surface area (Å²) in [6, 6.07) is 8.49. The van der Waals surface area contributed by atoms with Crippen LogP contribution in [0.1, 0.15) is 23.6 Å². The van der Waals surface area contributed by atoms with Gasteiger partial charge in [0.2, 0.25) is 0 Å². The van der Waals surface area contributed by atoms with Crippen molar-refractivity contribution >= 4 is 11.6 Å². The van der Waals surface area contributed by atoms with Gasteiger partial charge in [0.1, 0.15) is 11.4 Å². The minimum atomic E-state index is -4.77. The summed E-state index contributed by atoms with van der Waals surface area (Å²) in [4.78, 5) is 0. The van der Waals surface area contributed by atoms with Crippen LogP contribution < -0.4 is 0 Å². The molecule has 0 heterocycles. The predicted molar refractivity (Wildman–Crippen MR) is 71.5 cm³/mol. The number of alkyl halides is 3. The van der Waals surface area contributed by atoms with E-state index in [0.717, 1.165) is 6.07 Å². The second-order valence-electron chi connectivity index (χ2n) is 4.77. The van der Waals surface area contributed by atoms with Gasteiger partial charge in [0.25, 0.3) is 0 Å². The lowest BCUT2D eigenvalue weighted by molar-refractivity contribution is -0.140. The summed E-state index contributed by atoms with van der Waals surface area (Å²) in [5.74, 6) is -1.42.